The molecule has 1 rings (SSSR count). The highest BCUT2D eigenvalue weighted by Crippen LogP contribution is 2.23. The number of ether oxygens (including phenoxy) is 2. The number of carbonyl (C=O) groups excluding carboxylic acids is 1. The summed E-state index contributed by atoms with van der Waals surface area (Å²) in [5, 5.41) is 3.04. The molecule has 0 saturated heterocycles. The highest BCUT2D eigenvalue weighted by Gasteiger charge is 2.14. The molecule has 0 heterocycles. The number of esters is 1. The Morgan fingerprint density at radius 2 is 1.90 bits per heavy atom. The monoisotopic (exact) mass is 287 g/mol. The summed E-state index contributed by atoms with van der Waals surface area (Å²) in [6.45, 7) is 4.45. The minimum Gasteiger partial charge on any atom is -0.476 e. The Morgan fingerprint density at radius 1 is 1.25 bits per heavy atom. The minimum absolute atomic E-state index is 0.190. The normalized spacial score (nSPS) is 10.4. The Balaban J connectivity index is 2.66. The maximum absolute atomic E-state index is 13.7. The van der Waals surface area contributed by atoms with Gasteiger partial charge in [0, 0.05) is 6.54 Å². The molecular formula is C14H19F2NO3. The van der Waals surface area contributed by atoms with Crippen molar-refractivity contribution in [1.29, 1.82) is 0 Å². The number of hydrogen-bond acceptors (Lipinski definition) is 4. The van der Waals surface area contributed by atoms with Crippen LogP contribution in [0.5, 0.6) is 5.75 Å². The average Bonchev–Trinajstić information content (AvgIpc) is 2.38. The Morgan fingerprint density at radius 3 is 2.45 bits per heavy atom. The molecule has 1 N–H and O–H groups in total. The van der Waals surface area contributed by atoms with Gasteiger partial charge in [0.1, 0.15) is 0 Å². The van der Waals surface area contributed by atoms with Gasteiger partial charge < -0.3 is 14.8 Å². The van der Waals surface area contributed by atoms with Crippen LogP contribution in [0.25, 0.3) is 0 Å². The Kier molecular flexibility index (Phi) is 6.93. The molecule has 0 fully saturated rings. The van der Waals surface area contributed by atoms with Crippen LogP contribution >= 0.6 is 0 Å². The quantitative estimate of drug-likeness (QED) is 0.589. The number of halogens is 2. The van der Waals surface area contributed by atoms with Gasteiger partial charge in [-0.25, -0.2) is 13.6 Å². The fourth-order valence-electron chi connectivity index (χ4n) is 1.60. The molecule has 0 radical (unpaired) electrons. The fourth-order valence-corrected chi connectivity index (χ4v) is 1.60. The predicted octanol–water partition coefficient (Wildman–Crippen LogP) is 2.41. The van der Waals surface area contributed by atoms with Gasteiger partial charge in [0.05, 0.1) is 6.61 Å². The highest BCUT2D eigenvalue weighted by molar-refractivity contribution is 5.71. The molecule has 1 aromatic rings. The molecule has 0 saturated carbocycles. The largest absolute Gasteiger partial charge is 0.476 e. The minimum atomic E-state index is -0.831. The van der Waals surface area contributed by atoms with Crippen molar-refractivity contribution < 1.29 is 23.0 Å². The van der Waals surface area contributed by atoms with Crippen LogP contribution in [0, 0.1) is 11.6 Å². The zero-order chi connectivity index (χ0) is 15.0. The zero-order valence-corrected chi connectivity index (χ0v) is 11.7. The van der Waals surface area contributed by atoms with Crippen LogP contribution in [0.2, 0.25) is 0 Å². The van der Waals surface area contributed by atoms with Crippen molar-refractivity contribution in [3.8, 4) is 5.75 Å². The van der Waals surface area contributed by atoms with E-state index in [-0.39, 0.29) is 6.61 Å². The molecule has 0 aliphatic heterocycles. The smallest absolute Gasteiger partial charge is 0.344 e. The summed E-state index contributed by atoms with van der Waals surface area (Å²) in [7, 11) is 0. The van der Waals surface area contributed by atoms with E-state index in [2.05, 4.69) is 10.1 Å². The van der Waals surface area contributed by atoms with E-state index in [9.17, 15) is 13.6 Å². The third-order valence-electron chi connectivity index (χ3n) is 2.45. The molecule has 0 atom stereocenters. The van der Waals surface area contributed by atoms with E-state index in [1.807, 2.05) is 6.92 Å². The van der Waals surface area contributed by atoms with Crippen molar-refractivity contribution in [3.63, 3.8) is 0 Å². The summed E-state index contributed by atoms with van der Waals surface area (Å²) < 4.78 is 36.9. The Labute approximate surface area is 117 Å². The van der Waals surface area contributed by atoms with Gasteiger partial charge in [0.15, 0.2) is 24.0 Å². The van der Waals surface area contributed by atoms with Gasteiger partial charge >= 0.3 is 5.97 Å². The maximum Gasteiger partial charge on any atom is 0.344 e. The lowest BCUT2D eigenvalue weighted by Gasteiger charge is -2.10. The first-order valence-corrected chi connectivity index (χ1v) is 6.55. The van der Waals surface area contributed by atoms with E-state index in [0.717, 1.165) is 13.0 Å². The highest BCUT2D eigenvalue weighted by atomic mass is 19.1. The summed E-state index contributed by atoms with van der Waals surface area (Å²) in [5.41, 5.74) is 0.483. The fraction of sp³-hybridized carbons (Fsp3) is 0.500. The number of carbonyl (C=O) groups is 1. The van der Waals surface area contributed by atoms with E-state index < -0.39 is 30.0 Å². The van der Waals surface area contributed by atoms with Gasteiger partial charge in [-0.2, -0.15) is 0 Å². The zero-order valence-electron chi connectivity index (χ0n) is 11.7. The molecule has 6 heteroatoms. The molecule has 0 bridgehead atoms. The third-order valence-corrected chi connectivity index (χ3v) is 2.45. The SMILES string of the molecule is CCCNCc1cc(F)c(OCC(=O)OCC)c(F)c1. The van der Waals surface area contributed by atoms with Crippen molar-refractivity contribution in [1.82, 2.24) is 5.32 Å². The van der Waals surface area contributed by atoms with Crippen molar-refractivity contribution in [2.24, 2.45) is 0 Å². The van der Waals surface area contributed by atoms with E-state index >= 15 is 0 Å². The standard InChI is InChI=1S/C14H19F2NO3/c1-3-5-17-8-10-6-11(15)14(12(16)7-10)20-9-13(18)19-4-2/h6-7,17H,3-5,8-9H2,1-2H3. The van der Waals surface area contributed by atoms with Crippen LogP contribution in [0.15, 0.2) is 12.1 Å². The molecule has 4 nitrogen and oxygen atoms in total. The number of benzene rings is 1. The summed E-state index contributed by atoms with van der Waals surface area (Å²) in [5.74, 6) is -2.89. The molecule has 0 aromatic heterocycles. The van der Waals surface area contributed by atoms with E-state index in [4.69, 9.17) is 4.74 Å². The van der Waals surface area contributed by atoms with Gasteiger partial charge in [-0.1, -0.05) is 6.92 Å². The van der Waals surface area contributed by atoms with Gasteiger partial charge in [-0.15, -0.1) is 0 Å². The van der Waals surface area contributed by atoms with Gasteiger partial charge in [0.25, 0.3) is 0 Å². The van der Waals surface area contributed by atoms with Crippen LogP contribution in [-0.2, 0) is 16.1 Å². The van der Waals surface area contributed by atoms with Gasteiger partial charge in [0.2, 0.25) is 0 Å². The summed E-state index contributed by atoms with van der Waals surface area (Å²) in [6.07, 6.45) is 0.936. The lowest BCUT2D eigenvalue weighted by atomic mass is 10.2. The first-order chi connectivity index (χ1) is 9.58. The van der Waals surface area contributed by atoms with Crippen molar-refractivity contribution in [2.45, 2.75) is 26.8 Å². The summed E-state index contributed by atoms with van der Waals surface area (Å²) >= 11 is 0. The van der Waals surface area contributed by atoms with Crippen LogP contribution in [0.1, 0.15) is 25.8 Å². The molecule has 20 heavy (non-hydrogen) atoms. The van der Waals surface area contributed by atoms with E-state index in [1.165, 1.54) is 12.1 Å². The first-order valence-electron chi connectivity index (χ1n) is 6.55. The van der Waals surface area contributed by atoms with E-state index in [0.29, 0.717) is 12.1 Å². The van der Waals surface area contributed by atoms with Crippen LogP contribution in [-0.4, -0.2) is 25.7 Å². The molecule has 0 spiro atoms. The first kappa shape index (κ1) is 16.4. The lowest BCUT2D eigenvalue weighted by molar-refractivity contribution is -0.145. The van der Waals surface area contributed by atoms with E-state index in [1.54, 1.807) is 6.92 Å². The Bertz CT molecular complexity index is 429. The molecule has 1 aromatic carbocycles. The summed E-state index contributed by atoms with van der Waals surface area (Å²) in [6, 6.07) is 2.37. The predicted molar refractivity (Wildman–Crippen MR) is 70.5 cm³/mol. The molecular weight excluding hydrogens is 268 g/mol. The summed E-state index contributed by atoms with van der Waals surface area (Å²) in [4.78, 5) is 11.1. The molecule has 0 amide bonds. The van der Waals surface area contributed by atoms with Crippen LogP contribution < -0.4 is 10.1 Å². The lowest BCUT2D eigenvalue weighted by Crippen LogP contribution is -2.17. The van der Waals surface area contributed by atoms with Crippen LogP contribution in [0.3, 0.4) is 0 Å². The van der Waals surface area contributed by atoms with Crippen molar-refractivity contribution in [3.05, 3.63) is 29.3 Å². The second-order valence-electron chi connectivity index (χ2n) is 4.16. The molecule has 0 aliphatic rings. The second-order valence-corrected chi connectivity index (χ2v) is 4.16. The number of hydrogen-bond donors (Lipinski definition) is 1. The average molecular weight is 287 g/mol. The third kappa shape index (κ3) is 5.13. The number of nitrogens with one attached hydrogen (secondary N) is 1. The topological polar surface area (TPSA) is 47.6 Å². The van der Waals surface area contributed by atoms with Crippen molar-refractivity contribution in [2.75, 3.05) is 19.8 Å². The molecule has 112 valence electrons. The van der Waals surface area contributed by atoms with Gasteiger partial charge in [-0.05, 0) is 37.6 Å². The maximum atomic E-state index is 13.7. The second kappa shape index (κ2) is 8.47. The Hall–Kier alpha value is -1.69. The number of rotatable bonds is 8. The van der Waals surface area contributed by atoms with Crippen molar-refractivity contribution >= 4 is 5.97 Å². The van der Waals surface area contributed by atoms with Gasteiger partial charge in [-0.3, -0.25) is 0 Å². The molecule has 0 unspecified atom stereocenters. The molecule has 0 aliphatic carbocycles. The van der Waals surface area contributed by atoms with Crippen LogP contribution in [0.4, 0.5) is 8.78 Å².